The Bertz CT molecular complexity index is 516. The maximum absolute atomic E-state index is 11.9. The molecule has 3 rings (SSSR count). The van der Waals surface area contributed by atoms with Gasteiger partial charge in [-0.15, -0.1) is 0 Å². The number of rotatable bonds is 3. The van der Waals surface area contributed by atoms with E-state index < -0.39 is 5.41 Å². The third-order valence-electron chi connectivity index (χ3n) is 3.60. The zero-order valence-corrected chi connectivity index (χ0v) is 9.96. The van der Waals surface area contributed by atoms with Crippen molar-refractivity contribution < 1.29 is 14.6 Å². The molecule has 1 atom stereocenters. The average Bonchev–Trinajstić information content (AvgIpc) is 2.76. The van der Waals surface area contributed by atoms with Crippen LogP contribution in [-0.4, -0.2) is 5.97 Å². The largest absolute Gasteiger partial charge is 0.369 e. The van der Waals surface area contributed by atoms with E-state index in [1.165, 1.54) is 5.56 Å². The third kappa shape index (κ3) is 1.72. The van der Waals surface area contributed by atoms with Gasteiger partial charge in [0.1, 0.15) is 5.41 Å². The van der Waals surface area contributed by atoms with Crippen molar-refractivity contribution in [1.82, 2.24) is 0 Å². The van der Waals surface area contributed by atoms with Crippen molar-refractivity contribution in [3.63, 3.8) is 0 Å². The predicted molar refractivity (Wildman–Crippen MR) is 66.2 cm³/mol. The molecule has 0 saturated carbocycles. The summed E-state index contributed by atoms with van der Waals surface area (Å²) in [5, 5.41) is 0. The second-order valence-corrected chi connectivity index (χ2v) is 4.69. The van der Waals surface area contributed by atoms with Crippen molar-refractivity contribution in [3.8, 4) is 0 Å². The lowest BCUT2D eigenvalue weighted by Crippen LogP contribution is -2.29. The van der Waals surface area contributed by atoms with Crippen LogP contribution in [0.3, 0.4) is 0 Å². The maximum atomic E-state index is 11.9. The summed E-state index contributed by atoms with van der Waals surface area (Å²) in [6.07, 6.45) is 7.92. The van der Waals surface area contributed by atoms with E-state index in [1.54, 1.807) is 0 Å². The van der Waals surface area contributed by atoms with E-state index in [1.807, 2.05) is 36.4 Å². The molecule has 92 valence electrons. The zero-order chi connectivity index (χ0) is 12.4. The summed E-state index contributed by atoms with van der Waals surface area (Å²) < 4.78 is 0. The molecule has 18 heavy (non-hydrogen) atoms. The van der Waals surface area contributed by atoms with E-state index in [9.17, 15) is 4.79 Å². The van der Waals surface area contributed by atoms with Crippen LogP contribution in [0.15, 0.2) is 54.3 Å². The van der Waals surface area contributed by atoms with E-state index in [4.69, 9.17) is 9.78 Å². The first-order valence-corrected chi connectivity index (χ1v) is 6.11. The fourth-order valence-corrected chi connectivity index (χ4v) is 2.47. The Morgan fingerprint density at radius 3 is 2.83 bits per heavy atom. The van der Waals surface area contributed by atoms with Gasteiger partial charge in [-0.1, -0.05) is 42.5 Å². The quantitative estimate of drug-likeness (QED) is 0.764. The van der Waals surface area contributed by atoms with Crippen LogP contribution in [0.5, 0.6) is 0 Å². The predicted octanol–water partition coefficient (Wildman–Crippen LogP) is 2.94. The smallest absolute Gasteiger partial charge is 0.290 e. The van der Waals surface area contributed by atoms with Crippen molar-refractivity contribution in [3.05, 3.63) is 59.9 Å². The average molecular weight is 242 g/mol. The lowest BCUT2D eigenvalue weighted by atomic mass is 9.76. The molecule has 2 aliphatic rings. The normalized spacial score (nSPS) is 25.1. The molecule has 1 aliphatic heterocycles. The molecular formula is C15H14O3. The SMILES string of the molecule is O=C1OOC2=CC=CCC12CCc1ccccc1. The van der Waals surface area contributed by atoms with Crippen molar-refractivity contribution in [2.24, 2.45) is 5.41 Å². The lowest BCUT2D eigenvalue weighted by molar-refractivity contribution is -0.223. The van der Waals surface area contributed by atoms with Crippen LogP contribution in [0.25, 0.3) is 0 Å². The summed E-state index contributed by atoms with van der Waals surface area (Å²) in [7, 11) is 0. The van der Waals surface area contributed by atoms with Crippen LogP contribution in [0.2, 0.25) is 0 Å². The highest BCUT2D eigenvalue weighted by Gasteiger charge is 2.51. The first kappa shape index (κ1) is 11.1. The van der Waals surface area contributed by atoms with Crippen molar-refractivity contribution in [2.45, 2.75) is 19.3 Å². The number of fused-ring (bicyclic) bond motifs is 1. The van der Waals surface area contributed by atoms with Crippen molar-refractivity contribution in [2.75, 3.05) is 0 Å². The van der Waals surface area contributed by atoms with E-state index in [0.717, 1.165) is 6.42 Å². The highest BCUT2D eigenvalue weighted by Crippen LogP contribution is 2.45. The molecule has 0 spiro atoms. The Balaban J connectivity index is 1.80. The molecule has 0 N–H and O–H groups in total. The second-order valence-electron chi connectivity index (χ2n) is 4.69. The van der Waals surface area contributed by atoms with Crippen molar-refractivity contribution in [1.29, 1.82) is 0 Å². The molecule has 0 amide bonds. The molecule has 1 aromatic carbocycles. The fraction of sp³-hybridized carbons (Fsp3) is 0.267. The molecule has 3 heteroatoms. The van der Waals surface area contributed by atoms with Crippen LogP contribution < -0.4 is 0 Å². The minimum atomic E-state index is -0.607. The fourth-order valence-electron chi connectivity index (χ4n) is 2.47. The van der Waals surface area contributed by atoms with Gasteiger partial charge < -0.3 is 0 Å². The Hall–Kier alpha value is -2.03. The van der Waals surface area contributed by atoms with Gasteiger partial charge in [-0.05, 0) is 30.9 Å². The number of aryl methyl sites for hydroxylation is 1. The second kappa shape index (κ2) is 4.33. The molecule has 1 heterocycles. The molecule has 1 fully saturated rings. The van der Waals surface area contributed by atoms with Crippen LogP contribution in [-0.2, 0) is 21.0 Å². The number of benzene rings is 1. The van der Waals surface area contributed by atoms with Gasteiger partial charge in [-0.3, -0.25) is 4.89 Å². The molecule has 0 bridgehead atoms. The monoisotopic (exact) mass is 242 g/mol. The molecule has 1 saturated heterocycles. The minimum absolute atomic E-state index is 0.269. The zero-order valence-electron chi connectivity index (χ0n) is 9.96. The Morgan fingerprint density at radius 2 is 2.00 bits per heavy atom. The van der Waals surface area contributed by atoms with Gasteiger partial charge in [0, 0.05) is 0 Å². The summed E-state index contributed by atoms with van der Waals surface area (Å²) in [6.45, 7) is 0. The first-order valence-electron chi connectivity index (χ1n) is 6.11. The van der Waals surface area contributed by atoms with Gasteiger partial charge in [0.05, 0.1) is 0 Å². The van der Waals surface area contributed by atoms with Crippen LogP contribution >= 0.6 is 0 Å². The number of carbonyl (C=O) groups excluding carboxylic acids is 1. The van der Waals surface area contributed by atoms with Crippen LogP contribution in [0.4, 0.5) is 0 Å². The van der Waals surface area contributed by atoms with Crippen LogP contribution in [0, 0.1) is 5.41 Å². The molecular weight excluding hydrogens is 228 g/mol. The Morgan fingerprint density at radius 1 is 1.17 bits per heavy atom. The highest BCUT2D eigenvalue weighted by atomic mass is 17.2. The summed E-state index contributed by atoms with van der Waals surface area (Å²) in [6, 6.07) is 10.1. The molecule has 3 nitrogen and oxygen atoms in total. The van der Waals surface area contributed by atoms with Gasteiger partial charge in [-0.2, -0.15) is 0 Å². The lowest BCUT2D eigenvalue weighted by Gasteiger charge is -2.23. The Labute approximate surface area is 106 Å². The van der Waals surface area contributed by atoms with E-state index in [-0.39, 0.29) is 5.97 Å². The summed E-state index contributed by atoms with van der Waals surface area (Å²) in [5.41, 5.74) is 0.616. The van der Waals surface area contributed by atoms with Gasteiger partial charge in [0.15, 0.2) is 5.76 Å². The summed E-state index contributed by atoms with van der Waals surface area (Å²) in [5.74, 6) is 0.375. The minimum Gasteiger partial charge on any atom is -0.290 e. The number of hydrogen-bond acceptors (Lipinski definition) is 3. The molecule has 1 aromatic rings. The molecule has 0 aromatic heterocycles. The standard InChI is InChI=1S/C15H14O3/c16-14-15(10-5-4-8-13(15)17-18-14)11-9-12-6-2-1-3-7-12/h1-8H,9-11H2. The topological polar surface area (TPSA) is 35.5 Å². The number of hydrogen-bond donors (Lipinski definition) is 0. The highest BCUT2D eigenvalue weighted by molar-refractivity contribution is 5.82. The number of allylic oxidation sites excluding steroid dienone is 3. The third-order valence-corrected chi connectivity index (χ3v) is 3.60. The van der Waals surface area contributed by atoms with Crippen LogP contribution in [0.1, 0.15) is 18.4 Å². The molecule has 1 unspecified atom stereocenters. The number of carbonyl (C=O) groups is 1. The van der Waals surface area contributed by atoms with Gasteiger partial charge in [-0.25, -0.2) is 9.68 Å². The molecule has 1 aliphatic carbocycles. The maximum Gasteiger partial charge on any atom is 0.369 e. The molecule has 0 radical (unpaired) electrons. The first-order chi connectivity index (χ1) is 8.81. The van der Waals surface area contributed by atoms with Gasteiger partial charge in [0.2, 0.25) is 0 Å². The van der Waals surface area contributed by atoms with Gasteiger partial charge >= 0.3 is 5.97 Å². The van der Waals surface area contributed by atoms with Gasteiger partial charge in [0.25, 0.3) is 0 Å². The van der Waals surface area contributed by atoms with E-state index in [0.29, 0.717) is 18.6 Å². The van der Waals surface area contributed by atoms with Crippen molar-refractivity contribution >= 4 is 5.97 Å². The summed E-state index contributed by atoms with van der Waals surface area (Å²) in [4.78, 5) is 21.7. The van der Waals surface area contributed by atoms with E-state index >= 15 is 0 Å². The van der Waals surface area contributed by atoms with E-state index in [2.05, 4.69) is 12.1 Å². The Kier molecular flexibility index (Phi) is 2.67. The summed E-state index contributed by atoms with van der Waals surface area (Å²) >= 11 is 0.